The molecule has 0 bridgehead atoms. The first-order valence-corrected chi connectivity index (χ1v) is 8.75. The number of fused-ring (bicyclic) bond motifs is 1. The summed E-state index contributed by atoms with van der Waals surface area (Å²) in [6.45, 7) is 5.57. The fourth-order valence-electron chi connectivity index (χ4n) is 2.83. The Hall–Kier alpha value is -3.03. The summed E-state index contributed by atoms with van der Waals surface area (Å²) >= 11 is 0. The molecule has 0 spiro atoms. The summed E-state index contributed by atoms with van der Waals surface area (Å²) in [6.07, 6.45) is -3.29. The van der Waals surface area contributed by atoms with Gasteiger partial charge < -0.3 is 10.1 Å². The molecule has 5 nitrogen and oxygen atoms in total. The number of hydrogen-bond acceptors (Lipinski definition) is 3. The molecule has 0 fully saturated rings. The zero-order valence-electron chi connectivity index (χ0n) is 15.7. The third-order valence-electron chi connectivity index (χ3n) is 3.97. The van der Waals surface area contributed by atoms with Gasteiger partial charge in [0.1, 0.15) is 17.1 Å². The van der Waals surface area contributed by atoms with E-state index in [2.05, 4.69) is 10.3 Å². The number of nitrogens with zero attached hydrogens (tertiary/aromatic N) is 2. The smallest absolute Gasteiger partial charge is 0.435 e. The van der Waals surface area contributed by atoms with Crippen molar-refractivity contribution in [2.24, 2.45) is 0 Å². The Morgan fingerprint density at radius 2 is 2.00 bits per heavy atom. The van der Waals surface area contributed by atoms with Crippen molar-refractivity contribution in [1.82, 2.24) is 14.7 Å². The molecule has 2 aromatic heterocycles. The van der Waals surface area contributed by atoms with Crippen LogP contribution in [0.25, 0.3) is 5.65 Å². The van der Waals surface area contributed by atoms with E-state index in [1.807, 2.05) is 13.8 Å². The Bertz CT molecular complexity index is 1010. The van der Waals surface area contributed by atoms with Gasteiger partial charge in [0.15, 0.2) is 5.69 Å². The van der Waals surface area contributed by atoms with E-state index in [-0.39, 0.29) is 18.3 Å². The molecule has 28 heavy (non-hydrogen) atoms. The summed E-state index contributed by atoms with van der Waals surface area (Å²) in [5.74, 6) is -0.219. The second-order valence-electron chi connectivity index (χ2n) is 6.74. The largest absolute Gasteiger partial charge is 0.491 e. The molecule has 2 heterocycles. The molecule has 0 unspecified atom stereocenters. The number of carbonyl (C=O) groups excluding carboxylic acids is 1. The first kappa shape index (κ1) is 19.7. The number of aromatic nitrogens is 2. The maximum Gasteiger partial charge on any atom is 0.435 e. The number of amides is 1. The third kappa shape index (κ3) is 4.27. The molecule has 1 N–H and O–H groups in total. The number of nitrogens with one attached hydrogen (secondary N) is 1. The van der Waals surface area contributed by atoms with Crippen LogP contribution in [0.2, 0.25) is 0 Å². The van der Waals surface area contributed by atoms with E-state index in [1.54, 1.807) is 37.3 Å². The summed E-state index contributed by atoms with van der Waals surface area (Å²) in [4.78, 5) is 16.2. The molecule has 0 aliphatic rings. The van der Waals surface area contributed by atoms with Gasteiger partial charge in [0.25, 0.3) is 5.91 Å². The Morgan fingerprint density at radius 3 is 2.68 bits per heavy atom. The first-order valence-electron chi connectivity index (χ1n) is 8.75. The highest BCUT2D eigenvalue weighted by Gasteiger charge is 2.40. The van der Waals surface area contributed by atoms with E-state index in [4.69, 9.17) is 4.74 Å². The monoisotopic (exact) mass is 391 g/mol. The number of pyridine rings is 1. The SMILES string of the molecule is Cc1ccc2nc(C(F)(F)F)c(C(=O)NCc3cccc(OC(C)C)c3)n2c1. The molecular formula is C20H20F3N3O2. The normalized spacial score (nSPS) is 11.8. The van der Waals surface area contributed by atoms with E-state index >= 15 is 0 Å². The number of carbonyl (C=O) groups is 1. The number of imidazole rings is 1. The Balaban J connectivity index is 1.88. The van der Waals surface area contributed by atoms with E-state index in [9.17, 15) is 18.0 Å². The Labute approximate surface area is 160 Å². The van der Waals surface area contributed by atoms with Gasteiger partial charge in [0.2, 0.25) is 0 Å². The Morgan fingerprint density at radius 1 is 1.25 bits per heavy atom. The van der Waals surface area contributed by atoms with Crippen molar-refractivity contribution in [1.29, 1.82) is 0 Å². The van der Waals surface area contributed by atoms with E-state index in [0.29, 0.717) is 16.9 Å². The number of halogens is 3. The molecule has 1 amide bonds. The summed E-state index contributed by atoms with van der Waals surface area (Å²) in [5, 5.41) is 2.55. The topological polar surface area (TPSA) is 55.6 Å². The van der Waals surface area contributed by atoms with Gasteiger partial charge in [-0.25, -0.2) is 4.98 Å². The van der Waals surface area contributed by atoms with Gasteiger partial charge >= 0.3 is 6.18 Å². The molecule has 8 heteroatoms. The van der Waals surface area contributed by atoms with Crippen molar-refractivity contribution < 1.29 is 22.7 Å². The van der Waals surface area contributed by atoms with Gasteiger partial charge in [0, 0.05) is 12.7 Å². The minimum Gasteiger partial charge on any atom is -0.491 e. The van der Waals surface area contributed by atoms with Crippen LogP contribution in [0.5, 0.6) is 5.75 Å². The minimum atomic E-state index is -4.74. The fourth-order valence-corrected chi connectivity index (χ4v) is 2.83. The first-order chi connectivity index (χ1) is 13.1. The number of ether oxygens (including phenoxy) is 1. The third-order valence-corrected chi connectivity index (χ3v) is 3.97. The van der Waals surface area contributed by atoms with Crippen LogP contribution in [-0.2, 0) is 12.7 Å². The van der Waals surface area contributed by atoms with Crippen molar-refractivity contribution in [3.8, 4) is 5.75 Å². The van der Waals surface area contributed by atoms with Crippen molar-refractivity contribution in [2.45, 2.75) is 39.6 Å². The maximum atomic E-state index is 13.4. The maximum absolute atomic E-state index is 13.4. The molecule has 0 radical (unpaired) electrons. The molecule has 3 rings (SSSR count). The van der Waals surface area contributed by atoms with E-state index < -0.39 is 23.5 Å². The number of hydrogen-bond donors (Lipinski definition) is 1. The lowest BCUT2D eigenvalue weighted by molar-refractivity contribution is -0.141. The van der Waals surface area contributed by atoms with Crippen molar-refractivity contribution in [3.63, 3.8) is 0 Å². The molecule has 0 saturated carbocycles. The van der Waals surface area contributed by atoms with Gasteiger partial charge in [-0.3, -0.25) is 9.20 Å². The molecule has 3 aromatic rings. The predicted octanol–water partition coefficient (Wildman–Crippen LogP) is 4.38. The second-order valence-corrected chi connectivity index (χ2v) is 6.74. The van der Waals surface area contributed by atoms with Gasteiger partial charge in [0.05, 0.1) is 6.10 Å². The van der Waals surface area contributed by atoms with Crippen LogP contribution in [0.4, 0.5) is 13.2 Å². The van der Waals surface area contributed by atoms with Crippen LogP contribution in [0.15, 0.2) is 42.6 Å². The number of benzene rings is 1. The predicted molar refractivity (Wildman–Crippen MR) is 98.3 cm³/mol. The zero-order valence-corrected chi connectivity index (χ0v) is 15.7. The summed E-state index contributed by atoms with van der Waals surface area (Å²) < 4.78 is 47.0. The lowest BCUT2D eigenvalue weighted by atomic mass is 10.2. The van der Waals surface area contributed by atoms with E-state index in [1.165, 1.54) is 16.7 Å². The summed E-state index contributed by atoms with van der Waals surface area (Å²) in [7, 11) is 0. The summed E-state index contributed by atoms with van der Waals surface area (Å²) in [6, 6.07) is 10.1. The zero-order chi connectivity index (χ0) is 20.5. The van der Waals surface area contributed by atoms with E-state index in [0.717, 1.165) is 0 Å². The lowest BCUT2D eigenvalue weighted by Crippen LogP contribution is -2.27. The van der Waals surface area contributed by atoms with Crippen molar-refractivity contribution in [3.05, 3.63) is 65.1 Å². The number of rotatable bonds is 5. The van der Waals surface area contributed by atoms with Crippen LogP contribution in [0.3, 0.4) is 0 Å². The fraction of sp³-hybridized carbons (Fsp3) is 0.300. The van der Waals surface area contributed by atoms with Crippen LogP contribution in [0, 0.1) is 6.92 Å². The van der Waals surface area contributed by atoms with Crippen LogP contribution >= 0.6 is 0 Å². The lowest BCUT2D eigenvalue weighted by Gasteiger charge is -2.12. The number of aryl methyl sites for hydroxylation is 1. The van der Waals surface area contributed by atoms with Crippen molar-refractivity contribution in [2.75, 3.05) is 0 Å². The van der Waals surface area contributed by atoms with Gasteiger partial charge in [-0.15, -0.1) is 0 Å². The van der Waals surface area contributed by atoms with Crippen molar-refractivity contribution >= 4 is 11.6 Å². The molecule has 0 saturated heterocycles. The average Bonchev–Trinajstić information content (AvgIpc) is 2.98. The van der Waals surface area contributed by atoms with Gasteiger partial charge in [-0.05, 0) is 50.1 Å². The Kier molecular flexibility index (Phi) is 5.31. The highest BCUT2D eigenvalue weighted by atomic mass is 19.4. The standard InChI is InChI=1S/C20H20F3N3O2/c1-12(2)28-15-6-4-5-14(9-15)10-24-19(27)17-18(20(21,22)23)25-16-8-7-13(3)11-26(16)17/h4-9,11-12H,10H2,1-3H3,(H,24,27). The van der Waals surface area contributed by atoms with Crippen LogP contribution < -0.4 is 10.1 Å². The molecule has 0 aliphatic carbocycles. The van der Waals surface area contributed by atoms with Crippen LogP contribution in [0.1, 0.15) is 41.2 Å². The average molecular weight is 391 g/mol. The van der Waals surface area contributed by atoms with Gasteiger partial charge in [-0.1, -0.05) is 18.2 Å². The second kappa shape index (κ2) is 7.53. The minimum absolute atomic E-state index is 0.0133. The molecular weight excluding hydrogens is 371 g/mol. The highest BCUT2D eigenvalue weighted by Crippen LogP contribution is 2.32. The molecule has 1 aromatic carbocycles. The highest BCUT2D eigenvalue weighted by molar-refractivity contribution is 5.95. The van der Waals surface area contributed by atoms with Crippen LogP contribution in [-0.4, -0.2) is 21.4 Å². The molecule has 148 valence electrons. The van der Waals surface area contributed by atoms with Gasteiger partial charge in [-0.2, -0.15) is 13.2 Å². The molecule has 0 atom stereocenters. The molecule has 0 aliphatic heterocycles. The quantitative estimate of drug-likeness (QED) is 0.702. The summed E-state index contributed by atoms with van der Waals surface area (Å²) in [5.41, 5.74) is -0.236. The number of alkyl halides is 3.